The van der Waals surface area contributed by atoms with Gasteiger partial charge in [0.05, 0.1) is 7.11 Å². The molecule has 0 fully saturated rings. The average molecular weight is 462 g/mol. The maximum Gasteiger partial charge on any atom is 0.119 e. The first-order valence-electron chi connectivity index (χ1n) is 10.5. The maximum atomic E-state index is 5.54. The monoisotopic (exact) mass is 461 g/mol. The van der Waals surface area contributed by atoms with E-state index < -0.39 is 0 Å². The van der Waals surface area contributed by atoms with Gasteiger partial charge in [-0.05, 0) is 59.9 Å². The number of aryl methyl sites for hydroxylation is 1. The van der Waals surface area contributed by atoms with Crippen molar-refractivity contribution in [1.82, 2.24) is 4.90 Å². The number of nitrogens with zero attached hydrogens (tertiary/aromatic N) is 1. The summed E-state index contributed by atoms with van der Waals surface area (Å²) in [6, 6.07) is 24.0. The molecule has 1 aliphatic heterocycles. The minimum Gasteiger partial charge on any atom is -0.497 e. The standard InChI is InChI=1S/C27H28BrNO/c1-20-5-7-21(8-6-20)4-3-16-29-17-15-23-11-14-25(30-2)18-26(23)27(19-29)22-9-12-24(28)13-10-22/h3-14,18,27H,15-17,19H2,1-2H3/b4-3+. The number of ether oxygens (including phenoxy) is 1. The van der Waals surface area contributed by atoms with Crippen LogP contribution in [-0.2, 0) is 6.42 Å². The lowest BCUT2D eigenvalue weighted by Crippen LogP contribution is -2.29. The van der Waals surface area contributed by atoms with Crippen molar-refractivity contribution in [3.05, 3.63) is 105 Å². The van der Waals surface area contributed by atoms with Gasteiger partial charge in [0.15, 0.2) is 0 Å². The minimum atomic E-state index is 0.332. The van der Waals surface area contributed by atoms with Gasteiger partial charge < -0.3 is 4.74 Å². The van der Waals surface area contributed by atoms with Gasteiger partial charge in [0, 0.05) is 30.0 Å². The van der Waals surface area contributed by atoms with E-state index in [1.165, 1.54) is 27.8 Å². The van der Waals surface area contributed by atoms with Crippen molar-refractivity contribution in [3.63, 3.8) is 0 Å². The Kier molecular flexibility index (Phi) is 6.71. The zero-order chi connectivity index (χ0) is 20.9. The summed E-state index contributed by atoms with van der Waals surface area (Å²) in [5, 5.41) is 0. The third-order valence-electron chi connectivity index (χ3n) is 5.89. The zero-order valence-corrected chi connectivity index (χ0v) is 19.2. The van der Waals surface area contributed by atoms with Crippen LogP contribution in [0.2, 0.25) is 0 Å². The topological polar surface area (TPSA) is 12.5 Å². The second kappa shape index (κ2) is 9.63. The van der Waals surface area contributed by atoms with E-state index >= 15 is 0 Å². The van der Waals surface area contributed by atoms with E-state index in [1.807, 2.05) is 0 Å². The zero-order valence-electron chi connectivity index (χ0n) is 17.6. The van der Waals surface area contributed by atoms with Gasteiger partial charge >= 0.3 is 0 Å². The summed E-state index contributed by atoms with van der Waals surface area (Å²) in [7, 11) is 1.75. The molecule has 0 radical (unpaired) electrons. The third-order valence-corrected chi connectivity index (χ3v) is 6.42. The number of hydrogen-bond acceptors (Lipinski definition) is 2. The molecular weight excluding hydrogens is 434 g/mol. The third kappa shape index (κ3) is 5.03. The van der Waals surface area contributed by atoms with Gasteiger partial charge in [0.25, 0.3) is 0 Å². The van der Waals surface area contributed by atoms with E-state index in [0.717, 1.165) is 36.3 Å². The molecule has 0 aromatic heterocycles. The first kappa shape index (κ1) is 20.9. The van der Waals surface area contributed by atoms with Crippen molar-refractivity contribution in [3.8, 4) is 5.75 Å². The van der Waals surface area contributed by atoms with Crippen LogP contribution < -0.4 is 4.74 Å². The fraction of sp³-hybridized carbons (Fsp3) is 0.259. The van der Waals surface area contributed by atoms with Gasteiger partial charge in [0.1, 0.15) is 5.75 Å². The van der Waals surface area contributed by atoms with Crippen molar-refractivity contribution in [2.45, 2.75) is 19.3 Å². The maximum absolute atomic E-state index is 5.54. The Hall–Kier alpha value is -2.36. The summed E-state index contributed by atoms with van der Waals surface area (Å²) in [6.45, 7) is 5.14. The van der Waals surface area contributed by atoms with Crippen LogP contribution in [0.3, 0.4) is 0 Å². The smallest absolute Gasteiger partial charge is 0.119 e. The van der Waals surface area contributed by atoms with Gasteiger partial charge in [-0.25, -0.2) is 0 Å². The molecule has 4 rings (SSSR count). The molecule has 3 aromatic carbocycles. The Morgan fingerprint density at radius 3 is 2.53 bits per heavy atom. The van der Waals surface area contributed by atoms with Crippen molar-refractivity contribution in [2.24, 2.45) is 0 Å². The van der Waals surface area contributed by atoms with E-state index in [-0.39, 0.29) is 0 Å². The molecule has 0 spiro atoms. The van der Waals surface area contributed by atoms with E-state index in [0.29, 0.717) is 5.92 Å². The van der Waals surface area contributed by atoms with Crippen LogP contribution in [-0.4, -0.2) is 31.6 Å². The molecular formula is C27H28BrNO. The molecule has 0 aliphatic carbocycles. The summed E-state index contributed by atoms with van der Waals surface area (Å²) in [5.41, 5.74) is 6.72. The highest BCUT2D eigenvalue weighted by atomic mass is 79.9. The molecule has 154 valence electrons. The summed E-state index contributed by atoms with van der Waals surface area (Å²) >= 11 is 3.57. The average Bonchev–Trinajstić information content (AvgIpc) is 2.95. The SMILES string of the molecule is COc1ccc2c(c1)C(c1ccc(Br)cc1)CN(C/C=C/c1ccc(C)cc1)CC2. The highest BCUT2D eigenvalue weighted by molar-refractivity contribution is 9.10. The summed E-state index contributed by atoms with van der Waals surface area (Å²) in [4.78, 5) is 2.56. The first-order chi connectivity index (χ1) is 14.6. The fourth-order valence-electron chi connectivity index (χ4n) is 4.14. The number of methoxy groups -OCH3 is 1. The van der Waals surface area contributed by atoms with Crippen LogP contribution in [0.4, 0.5) is 0 Å². The molecule has 1 aliphatic rings. The quantitative estimate of drug-likeness (QED) is 0.431. The highest BCUT2D eigenvalue weighted by Gasteiger charge is 2.24. The highest BCUT2D eigenvalue weighted by Crippen LogP contribution is 2.34. The predicted molar refractivity (Wildman–Crippen MR) is 129 cm³/mol. The number of hydrogen-bond donors (Lipinski definition) is 0. The van der Waals surface area contributed by atoms with Crippen molar-refractivity contribution in [2.75, 3.05) is 26.7 Å². The fourth-order valence-corrected chi connectivity index (χ4v) is 4.40. The first-order valence-corrected chi connectivity index (χ1v) is 11.3. The van der Waals surface area contributed by atoms with Gasteiger partial charge in [-0.1, -0.05) is 76.1 Å². The number of halogens is 1. The summed E-state index contributed by atoms with van der Waals surface area (Å²) in [5.74, 6) is 1.27. The lowest BCUT2D eigenvalue weighted by molar-refractivity contribution is 0.306. The van der Waals surface area contributed by atoms with Crippen molar-refractivity contribution >= 4 is 22.0 Å². The number of fused-ring (bicyclic) bond motifs is 1. The minimum absolute atomic E-state index is 0.332. The normalized spacial score (nSPS) is 17.0. The van der Waals surface area contributed by atoms with Gasteiger partial charge in [-0.3, -0.25) is 4.90 Å². The van der Waals surface area contributed by atoms with Crippen LogP contribution in [0.5, 0.6) is 5.75 Å². The molecule has 1 atom stereocenters. The Morgan fingerprint density at radius 2 is 1.80 bits per heavy atom. The van der Waals surface area contributed by atoms with E-state index in [4.69, 9.17) is 4.74 Å². The second-order valence-corrected chi connectivity index (χ2v) is 8.91. The lowest BCUT2D eigenvalue weighted by Gasteiger charge is -2.24. The summed E-state index contributed by atoms with van der Waals surface area (Å²) < 4.78 is 6.66. The number of rotatable bonds is 5. The molecule has 0 saturated carbocycles. The van der Waals surface area contributed by atoms with E-state index in [1.54, 1.807) is 7.11 Å². The van der Waals surface area contributed by atoms with Crippen LogP contribution in [0.25, 0.3) is 6.08 Å². The number of benzene rings is 3. The molecule has 1 unspecified atom stereocenters. The molecule has 0 N–H and O–H groups in total. The summed E-state index contributed by atoms with van der Waals surface area (Å²) in [6.07, 6.45) is 5.58. The van der Waals surface area contributed by atoms with E-state index in [2.05, 4.69) is 107 Å². The van der Waals surface area contributed by atoms with Crippen LogP contribution in [0.15, 0.2) is 77.3 Å². The molecule has 30 heavy (non-hydrogen) atoms. The largest absolute Gasteiger partial charge is 0.497 e. The van der Waals surface area contributed by atoms with Gasteiger partial charge in [-0.15, -0.1) is 0 Å². The van der Waals surface area contributed by atoms with Gasteiger partial charge in [-0.2, -0.15) is 0 Å². The van der Waals surface area contributed by atoms with Crippen LogP contribution in [0.1, 0.15) is 33.7 Å². The lowest BCUT2D eigenvalue weighted by atomic mass is 9.88. The molecule has 2 nitrogen and oxygen atoms in total. The molecule has 0 amide bonds. The van der Waals surface area contributed by atoms with Crippen LogP contribution >= 0.6 is 15.9 Å². The van der Waals surface area contributed by atoms with Gasteiger partial charge in [0.2, 0.25) is 0 Å². The Morgan fingerprint density at radius 1 is 1.03 bits per heavy atom. The molecule has 0 saturated heterocycles. The van der Waals surface area contributed by atoms with Crippen LogP contribution in [0, 0.1) is 6.92 Å². The molecule has 3 aromatic rings. The second-order valence-electron chi connectivity index (χ2n) is 7.99. The van der Waals surface area contributed by atoms with Crippen molar-refractivity contribution < 1.29 is 4.74 Å². The molecule has 3 heteroatoms. The van der Waals surface area contributed by atoms with Crippen molar-refractivity contribution in [1.29, 1.82) is 0 Å². The molecule has 0 bridgehead atoms. The predicted octanol–water partition coefficient (Wildman–Crippen LogP) is 6.47. The Labute approximate surface area is 188 Å². The molecule has 1 heterocycles. The van der Waals surface area contributed by atoms with E-state index in [9.17, 15) is 0 Å². The Balaban J connectivity index is 1.58. The Bertz CT molecular complexity index is 1010.